The number of nitrogens with two attached hydrogens (primary N) is 1. The number of rotatable bonds is 2. The molecule has 0 saturated heterocycles. The summed E-state index contributed by atoms with van der Waals surface area (Å²) in [7, 11) is 0. The number of hydrogen-bond acceptors (Lipinski definition) is 2. The summed E-state index contributed by atoms with van der Waals surface area (Å²) in [5.41, 5.74) is 9.40. The van der Waals surface area contributed by atoms with Gasteiger partial charge in [-0.1, -0.05) is 30.3 Å². The molecule has 2 aromatic rings. The van der Waals surface area contributed by atoms with Gasteiger partial charge >= 0.3 is 0 Å². The molecule has 0 fully saturated rings. The monoisotopic (exact) mass is 189 g/mol. The van der Waals surface area contributed by atoms with Gasteiger partial charge in [-0.2, -0.15) is 11.3 Å². The lowest BCUT2D eigenvalue weighted by atomic mass is 10.1. The summed E-state index contributed by atoms with van der Waals surface area (Å²) in [5.74, 6) is 0. The summed E-state index contributed by atoms with van der Waals surface area (Å²) in [6.07, 6.45) is 0. The Hall–Kier alpha value is -1.12. The number of hydrogen-bond donors (Lipinski definition) is 1. The molecule has 0 aliphatic rings. The normalized spacial score (nSPS) is 10.2. The van der Waals surface area contributed by atoms with Gasteiger partial charge in [-0.3, -0.25) is 0 Å². The maximum Gasteiger partial charge on any atom is 0.0192 e. The zero-order valence-corrected chi connectivity index (χ0v) is 8.05. The summed E-state index contributed by atoms with van der Waals surface area (Å²) in [6.45, 7) is 0.619. The molecule has 0 bridgehead atoms. The summed E-state index contributed by atoms with van der Waals surface area (Å²) in [6, 6.07) is 10.3. The molecule has 2 N–H and O–H groups in total. The van der Waals surface area contributed by atoms with Gasteiger partial charge < -0.3 is 5.73 Å². The first-order chi connectivity index (χ1) is 6.42. The quantitative estimate of drug-likeness (QED) is 0.772. The van der Waals surface area contributed by atoms with E-state index in [0.717, 1.165) is 0 Å². The van der Waals surface area contributed by atoms with Gasteiger partial charge in [0.05, 0.1) is 0 Å². The number of thiophene rings is 1. The Morgan fingerprint density at radius 2 is 1.85 bits per heavy atom. The van der Waals surface area contributed by atoms with Crippen LogP contribution in [0.2, 0.25) is 0 Å². The summed E-state index contributed by atoms with van der Waals surface area (Å²) in [5, 5.41) is 4.26. The lowest BCUT2D eigenvalue weighted by Gasteiger charge is -2.00. The van der Waals surface area contributed by atoms with E-state index in [9.17, 15) is 0 Å². The van der Waals surface area contributed by atoms with Crippen LogP contribution in [-0.2, 0) is 6.54 Å². The minimum Gasteiger partial charge on any atom is -0.326 e. The fourth-order valence-electron chi connectivity index (χ4n) is 1.35. The molecule has 0 spiro atoms. The molecule has 66 valence electrons. The van der Waals surface area contributed by atoms with Gasteiger partial charge in [-0.15, -0.1) is 0 Å². The predicted octanol–water partition coefficient (Wildman–Crippen LogP) is 2.87. The fraction of sp³-hybridized carbons (Fsp3) is 0.0909. The van der Waals surface area contributed by atoms with E-state index in [4.69, 9.17) is 5.73 Å². The zero-order valence-electron chi connectivity index (χ0n) is 7.23. The van der Waals surface area contributed by atoms with Crippen LogP contribution in [0.4, 0.5) is 0 Å². The maximum absolute atomic E-state index is 5.64. The molecule has 1 nitrogen and oxygen atoms in total. The van der Waals surface area contributed by atoms with Crippen molar-refractivity contribution in [1.82, 2.24) is 0 Å². The first-order valence-corrected chi connectivity index (χ1v) is 5.16. The average molecular weight is 189 g/mol. The highest BCUT2D eigenvalue weighted by Crippen LogP contribution is 2.26. The van der Waals surface area contributed by atoms with Crippen LogP contribution in [0.5, 0.6) is 0 Å². The van der Waals surface area contributed by atoms with E-state index in [-0.39, 0.29) is 0 Å². The van der Waals surface area contributed by atoms with E-state index in [1.807, 2.05) is 18.2 Å². The van der Waals surface area contributed by atoms with Gasteiger partial charge in [0.25, 0.3) is 0 Å². The van der Waals surface area contributed by atoms with E-state index in [2.05, 4.69) is 22.9 Å². The minimum atomic E-state index is 0.619. The zero-order chi connectivity index (χ0) is 9.10. The summed E-state index contributed by atoms with van der Waals surface area (Å²) < 4.78 is 0. The average Bonchev–Trinajstić information content (AvgIpc) is 2.67. The highest BCUT2D eigenvalue weighted by molar-refractivity contribution is 7.08. The smallest absolute Gasteiger partial charge is 0.0192 e. The topological polar surface area (TPSA) is 26.0 Å². The van der Waals surface area contributed by atoms with Crippen LogP contribution in [0.25, 0.3) is 11.1 Å². The van der Waals surface area contributed by atoms with Crippen LogP contribution in [0.15, 0.2) is 41.1 Å². The largest absolute Gasteiger partial charge is 0.326 e. The second-order valence-corrected chi connectivity index (χ2v) is 3.62. The van der Waals surface area contributed by atoms with Crippen molar-refractivity contribution < 1.29 is 0 Å². The Bertz CT molecular complexity index is 378. The molecule has 0 unspecified atom stereocenters. The molecule has 1 aromatic carbocycles. The first kappa shape index (κ1) is 8.48. The van der Waals surface area contributed by atoms with Crippen molar-refractivity contribution >= 4 is 11.3 Å². The van der Waals surface area contributed by atoms with Gasteiger partial charge in [0.15, 0.2) is 0 Å². The third-order valence-corrected chi connectivity index (χ3v) is 2.84. The molecule has 2 heteroatoms. The number of benzene rings is 1. The van der Waals surface area contributed by atoms with E-state index >= 15 is 0 Å². The maximum atomic E-state index is 5.64. The third kappa shape index (κ3) is 1.64. The molecule has 0 amide bonds. The molecule has 1 heterocycles. The highest BCUT2D eigenvalue weighted by atomic mass is 32.1. The molecular formula is C11H11NS. The lowest BCUT2D eigenvalue weighted by molar-refractivity contribution is 1.08. The van der Waals surface area contributed by atoms with E-state index in [1.54, 1.807) is 11.3 Å². The summed E-state index contributed by atoms with van der Waals surface area (Å²) >= 11 is 1.71. The van der Waals surface area contributed by atoms with Gasteiger partial charge in [0, 0.05) is 6.54 Å². The van der Waals surface area contributed by atoms with E-state index in [1.165, 1.54) is 16.7 Å². The van der Waals surface area contributed by atoms with Crippen LogP contribution in [0, 0.1) is 0 Å². The fourth-order valence-corrected chi connectivity index (χ4v) is 2.23. The molecular weight excluding hydrogens is 178 g/mol. The van der Waals surface area contributed by atoms with Crippen LogP contribution in [0.3, 0.4) is 0 Å². The van der Waals surface area contributed by atoms with Crippen LogP contribution >= 0.6 is 11.3 Å². The molecule has 0 atom stereocenters. The van der Waals surface area contributed by atoms with Gasteiger partial charge in [-0.05, 0) is 27.5 Å². The molecule has 0 saturated carbocycles. The van der Waals surface area contributed by atoms with E-state index < -0.39 is 0 Å². The predicted molar refractivity (Wildman–Crippen MR) is 57.6 cm³/mol. The van der Waals surface area contributed by atoms with Crippen LogP contribution in [0.1, 0.15) is 5.56 Å². The van der Waals surface area contributed by atoms with Crippen molar-refractivity contribution in [2.45, 2.75) is 6.54 Å². The first-order valence-electron chi connectivity index (χ1n) is 4.22. The minimum absolute atomic E-state index is 0.619. The SMILES string of the molecule is NCc1cscc1-c1ccccc1. The molecule has 2 rings (SSSR count). The van der Waals surface area contributed by atoms with Crippen molar-refractivity contribution in [1.29, 1.82) is 0 Å². The Balaban J connectivity index is 2.47. The van der Waals surface area contributed by atoms with Crippen molar-refractivity contribution in [3.8, 4) is 11.1 Å². The van der Waals surface area contributed by atoms with E-state index in [0.29, 0.717) is 6.54 Å². The Morgan fingerprint density at radius 3 is 2.54 bits per heavy atom. The van der Waals surface area contributed by atoms with Gasteiger partial charge in [0.2, 0.25) is 0 Å². The Morgan fingerprint density at radius 1 is 1.08 bits per heavy atom. The van der Waals surface area contributed by atoms with Crippen molar-refractivity contribution in [2.24, 2.45) is 5.73 Å². The summed E-state index contributed by atoms with van der Waals surface area (Å²) in [4.78, 5) is 0. The van der Waals surface area contributed by atoms with Gasteiger partial charge in [0.1, 0.15) is 0 Å². The molecule has 0 aliphatic carbocycles. The Kier molecular flexibility index (Phi) is 2.43. The third-order valence-electron chi connectivity index (χ3n) is 2.05. The van der Waals surface area contributed by atoms with Crippen molar-refractivity contribution in [3.63, 3.8) is 0 Å². The molecule has 13 heavy (non-hydrogen) atoms. The highest BCUT2D eigenvalue weighted by Gasteiger charge is 2.03. The van der Waals surface area contributed by atoms with Crippen LogP contribution < -0.4 is 5.73 Å². The molecule has 0 radical (unpaired) electrons. The van der Waals surface area contributed by atoms with Crippen molar-refractivity contribution in [2.75, 3.05) is 0 Å². The molecule has 0 aliphatic heterocycles. The second-order valence-electron chi connectivity index (χ2n) is 2.88. The Labute approximate surface area is 81.8 Å². The van der Waals surface area contributed by atoms with Gasteiger partial charge in [-0.25, -0.2) is 0 Å². The standard InChI is InChI=1S/C11H11NS/c12-6-10-7-13-8-11(10)9-4-2-1-3-5-9/h1-5,7-8H,6,12H2. The lowest BCUT2D eigenvalue weighted by Crippen LogP contribution is -1.95. The molecule has 1 aromatic heterocycles. The second kappa shape index (κ2) is 3.73. The van der Waals surface area contributed by atoms with Crippen molar-refractivity contribution in [3.05, 3.63) is 46.7 Å². The van der Waals surface area contributed by atoms with Crippen LogP contribution in [-0.4, -0.2) is 0 Å².